The fraction of sp³-hybridized carbons (Fsp3) is 0.174. The molecule has 0 aliphatic carbocycles. The van der Waals surface area contributed by atoms with Gasteiger partial charge in [-0.25, -0.2) is 4.39 Å². The average molecular weight is 392 g/mol. The van der Waals surface area contributed by atoms with Gasteiger partial charge in [-0.15, -0.1) is 6.58 Å². The molecule has 6 heteroatoms. The van der Waals surface area contributed by atoms with Crippen LogP contribution in [0.3, 0.4) is 0 Å². The van der Waals surface area contributed by atoms with Crippen LogP contribution < -0.4 is 9.47 Å². The highest BCUT2D eigenvalue weighted by Crippen LogP contribution is 2.33. The molecule has 0 radical (unpaired) electrons. The summed E-state index contributed by atoms with van der Waals surface area (Å²) in [6.07, 6.45) is 3.63. The van der Waals surface area contributed by atoms with Gasteiger partial charge < -0.3 is 18.9 Å². The van der Waals surface area contributed by atoms with E-state index in [0.29, 0.717) is 36.7 Å². The predicted octanol–water partition coefficient (Wildman–Crippen LogP) is 4.23. The number of carbonyl (C=O) groups excluding carboxylic acids is 1. The molecule has 29 heavy (non-hydrogen) atoms. The van der Waals surface area contributed by atoms with E-state index in [1.165, 1.54) is 12.1 Å². The first-order chi connectivity index (χ1) is 14.1. The lowest BCUT2D eigenvalue weighted by molar-refractivity contribution is 0.0759. The van der Waals surface area contributed by atoms with Crippen LogP contribution in [0.25, 0.3) is 0 Å². The third-order valence-electron chi connectivity index (χ3n) is 4.77. The Labute approximate surface area is 168 Å². The Morgan fingerprint density at radius 2 is 2.00 bits per heavy atom. The van der Waals surface area contributed by atoms with Crippen LogP contribution >= 0.6 is 0 Å². The van der Waals surface area contributed by atoms with Crippen LogP contribution in [0.15, 0.2) is 73.4 Å². The van der Waals surface area contributed by atoms with E-state index in [1.54, 1.807) is 35.2 Å². The molecule has 4 rings (SSSR count). The fourth-order valence-corrected chi connectivity index (χ4v) is 3.36. The summed E-state index contributed by atoms with van der Waals surface area (Å²) in [4.78, 5) is 14.8. The van der Waals surface area contributed by atoms with Crippen molar-refractivity contribution in [2.75, 3.05) is 13.3 Å². The molecule has 0 atom stereocenters. The minimum Gasteiger partial charge on any atom is -0.454 e. The number of halogens is 1. The predicted molar refractivity (Wildman–Crippen MR) is 107 cm³/mol. The monoisotopic (exact) mass is 392 g/mol. The second-order valence-electron chi connectivity index (χ2n) is 6.80. The van der Waals surface area contributed by atoms with Crippen molar-refractivity contribution in [1.29, 1.82) is 0 Å². The van der Waals surface area contributed by atoms with Gasteiger partial charge in [0.15, 0.2) is 11.5 Å². The van der Waals surface area contributed by atoms with Gasteiger partial charge in [-0.3, -0.25) is 4.79 Å². The van der Waals surface area contributed by atoms with E-state index in [1.807, 2.05) is 29.0 Å². The van der Waals surface area contributed by atoms with Gasteiger partial charge in [0, 0.05) is 30.5 Å². The van der Waals surface area contributed by atoms with Crippen molar-refractivity contribution in [3.8, 4) is 11.5 Å². The molecule has 1 aliphatic heterocycles. The Hall–Kier alpha value is -3.54. The second-order valence-corrected chi connectivity index (χ2v) is 6.80. The smallest absolute Gasteiger partial charge is 0.254 e. The zero-order valence-electron chi connectivity index (χ0n) is 15.9. The normalized spacial score (nSPS) is 12.0. The Balaban J connectivity index is 1.54. The van der Waals surface area contributed by atoms with Gasteiger partial charge in [-0.05, 0) is 48.0 Å². The second kappa shape index (κ2) is 8.22. The summed E-state index contributed by atoms with van der Waals surface area (Å²) in [6.45, 7) is 5.27. The van der Waals surface area contributed by atoms with Gasteiger partial charge in [-0.2, -0.15) is 0 Å². The standard InChI is InChI=1S/C23H21FN2O3/c1-2-10-26(23(27)18-8-9-21-22(13-18)29-16-28-21)15-20-7-4-11-25(20)14-17-5-3-6-19(24)12-17/h2-9,11-13H,1,10,14-16H2. The number of hydrogen-bond acceptors (Lipinski definition) is 3. The van der Waals surface area contributed by atoms with E-state index in [-0.39, 0.29) is 18.5 Å². The van der Waals surface area contributed by atoms with Crippen LogP contribution in [0, 0.1) is 5.82 Å². The van der Waals surface area contributed by atoms with Crippen molar-refractivity contribution in [1.82, 2.24) is 9.47 Å². The largest absolute Gasteiger partial charge is 0.454 e. The van der Waals surface area contributed by atoms with E-state index in [0.717, 1.165) is 11.3 Å². The maximum absolute atomic E-state index is 13.5. The van der Waals surface area contributed by atoms with Gasteiger partial charge in [0.2, 0.25) is 6.79 Å². The molecule has 0 bridgehead atoms. The first-order valence-corrected chi connectivity index (χ1v) is 9.32. The minimum atomic E-state index is -0.262. The van der Waals surface area contributed by atoms with Crippen molar-refractivity contribution in [3.05, 3.63) is 96.1 Å². The van der Waals surface area contributed by atoms with Crippen molar-refractivity contribution in [2.24, 2.45) is 0 Å². The number of fused-ring (bicyclic) bond motifs is 1. The number of aromatic nitrogens is 1. The van der Waals surface area contributed by atoms with Crippen LogP contribution in [-0.4, -0.2) is 28.7 Å². The van der Waals surface area contributed by atoms with Crippen molar-refractivity contribution < 1.29 is 18.7 Å². The van der Waals surface area contributed by atoms with E-state index in [9.17, 15) is 9.18 Å². The molecule has 0 N–H and O–H groups in total. The first kappa shape index (κ1) is 18.8. The van der Waals surface area contributed by atoms with Gasteiger partial charge >= 0.3 is 0 Å². The summed E-state index contributed by atoms with van der Waals surface area (Å²) in [6, 6.07) is 15.6. The molecule has 0 saturated heterocycles. The number of hydrogen-bond donors (Lipinski definition) is 0. The van der Waals surface area contributed by atoms with Gasteiger partial charge in [0.25, 0.3) is 5.91 Å². The van der Waals surface area contributed by atoms with Crippen LogP contribution in [0.5, 0.6) is 11.5 Å². The minimum absolute atomic E-state index is 0.123. The number of carbonyl (C=O) groups is 1. The molecule has 1 aliphatic rings. The molecule has 0 unspecified atom stereocenters. The molecule has 3 aromatic rings. The molecule has 0 saturated carbocycles. The van der Waals surface area contributed by atoms with Crippen LogP contribution in [0.4, 0.5) is 4.39 Å². The molecule has 2 aromatic carbocycles. The third kappa shape index (κ3) is 4.16. The van der Waals surface area contributed by atoms with Gasteiger partial charge in [0.05, 0.1) is 6.54 Å². The van der Waals surface area contributed by atoms with Gasteiger partial charge in [-0.1, -0.05) is 18.2 Å². The molecule has 0 spiro atoms. The van der Waals surface area contributed by atoms with Crippen molar-refractivity contribution in [2.45, 2.75) is 13.1 Å². The van der Waals surface area contributed by atoms with Crippen molar-refractivity contribution >= 4 is 5.91 Å². The Morgan fingerprint density at radius 1 is 1.14 bits per heavy atom. The summed E-state index contributed by atoms with van der Waals surface area (Å²) in [7, 11) is 0. The van der Waals surface area contributed by atoms with Gasteiger partial charge in [0.1, 0.15) is 5.82 Å². The van der Waals surface area contributed by atoms with E-state index in [4.69, 9.17) is 9.47 Å². The molecule has 148 valence electrons. The van der Waals surface area contributed by atoms with Crippen LogP contribution in [0.2, 0.25) is 0 Å². The molecule has 5 nitrogen and oxygen atoms in total. The zero-order valence-corrected chi connectivity index (χ0v) is 15.9. The highest BCUT2D eigenvalue weighted by molar-refractivity contribution is 5.95. The van der Waals surface area contributed by atoms with Crippen LogP contribution in [0.1, 0.15) is 21.6 Å². The quantitative estimate of drug-likeness (QED) is 0.565. The molecule has 2 heterocycles. The van der Waals surface area contributed by atoms with E-state index < -0.39 is 0 Å². The topological polar surface area (TPSA) is 43.7 Å². The summed E-state index contributed by atoms with van der Waals surface area (Å²) < 4.78 is 26.2. The Bertz CT molecular complexity index is 1040. The lowest BCUT2D eigenvalue weighted by atomic mass is 10.1. The highest BCUT2D eigenvalue weighted by atomic mass is 19.1. The average Bonchev–Trinajstić information content (AvgIpc) is 3.36. The number of rotatable bonds is 7. The summed E-state index contributed by atoms with van der Waals surface area (Å²) >= 11 is 0. The lowest BCUT2D eigenvalue weighted by Crippen LogP contribution is -2.31. The Kier molecular flexibility index (Phi) is 5.33. The third-order valence-corrected chi connectivity index (χ3v) is 4.77. The first-order valence-electron chi connectivity index (χ1n) is 9.32. The van der Waals surface area contributed by atoms with Crippen molar-refractivity contribution in [3.63, 3.8) is 0 Å². The maximum Gasteiger partial charge on any atom is 0.254 e. The summed E-state index contributed by atoms with van der Waals surface area (Å²) in [5, 5.41) is 0. The number of nitrogens with zero attached hydrogens (tertiary/aromatic N) is 2. The number of ether oxygens (including phenoxy) is 2. The maximum atomic E-state index is 13.5. The van der Waals surface area contributed by atoms with Crippen LogP contribution in [-0.2, 0) is 13.1 Å². The van der Waals surface area contributed by atoms with E-state index in [2.05, 4.69) is 6.58 Å². The molecule has 1 amide bonds. The Morgan fingerprint density at radius 3 is 2.83 bits per heavy atom. The number of benzene rings is 2. The molecular weight excluding hydrogens is 371 g/mol. The lowest BCUT2D eigenvalue weighted by Gasteiger charge is -2.22. The summed E-state index contributed by atoms with van der Waals surface area (Å²) in [5.41, 5.74) is 2.34. The molecular formula is C23H21FN2O3. The van der Waals surface area contributed by atoms with E-state index >= 15 is 0 Å². The highest BCUT2D eigenvalue weighted by Gasteiger charge is 2.20. The SMILES string of the molecule is C=CCN(Cc1cccn1Cc1cccc(F)c1)C(=O)c1ccc2c(c1)OCO2. The number of amides is 1. The summed E-state index contributed by atoms with van der Waals surface area (Å²) in [5.74, 6) is 0.828. The zero-order chi connectivity index (χ0) is 20.2. The molecule has 0 fully saturated rings. The molecule has 1 aromatic heterocycles. The fourth-order valence-electron chi connectivity index (χ4n) is 3.36.